The van der Waals surface area contributed by atoms with Crippen LogP contribution in [0.1, 0.15) is 0 Å². The molecule has 0 saturated carbocycles. The van der Waals surface area contributed by atoms with Gasteiger partial charge in [0.1, 0.15) is 4.60 Å². The minimum Gasteiger partial charge on any atom is -0.222 e. The van der Waals surface area contributed by atoms with E-state index in [1.807, 2.05) is 5.38 Å². The van der Waals surface area contributed by atoms with Crippen LogP contribution in [0.4, 0.5) is 0 Å². The molecule has 0 fully saturated rings. The lowest BCUT2D eigenvalue weighted by atomic mass is 10.7. The van der Waals surface area contributed by atoms with Crippen LogP contribution in [-0.4, -0.2) is 4.98 Å². The number of thiophene rings is 1. The van der Waals surface area contributed by atoms with Crippen LogP contribution in [0, 0.1) is 0 Å². The molecule has 1 nitrogen and oxygen atoms in total. The van der Waals surface area contributed by atoms with Gasteiger partial charge >= 0.3 is 0 Å². The second kappa shape index (κ2) is 3.91. The lowest BCUT2D eigenvalue weighted by molar-refractivity contribution is 1.21. The Morgan fingerprint density at radius 2 is 2.33 bits per heavy atom. The lowest BCUT2D eigenvalue weighted by Crippen LogP contribution is -1.64. The topological polar surface area (TPSA) is 12.9 Å². The minimum absolute atomic E-state index is 0.923. The van der Waals surface area contributed by atoms with Gasteiger partial charge in [-0.3, -0.25) is 0 Å². The number of hydrogen-bond acceptors (Lipinski definition) is 4. The summed E-state index contributed by atoms with van der Waals surface area (Å²) in [4.78, 5) is 4.29. The van der Waals surface area contributed by atoms with Gasteiger partial charge in [0.25, 0.3) is 0 Å². The molecular formula is C7H4BrNS3. The summed E-state index contributed by atoms with van der Waals surface area (Å²) < 4.78 is 3.30. The van der Waals surface area contributed by atoms with Gasteiger partial charge in [0.05, 0.1) is 4.21 Å². The summed E-state index contributed by atoms with van der Waals surface area (Å²) in [5.74, 6) is 0. The Morgan fingerprint density at radius 3 is 2.92 bits per heavy atom. The van der Waals surface area contributed by atoms with E-state index < -0.39 is 0 Å². The zero-order chi connectivity index (χ0) is 8.39. The van der Waals surface area contributed by atoms with E-state index in [-0.39, 0.29) is 0 Å². The first kappa shape index (κ1) is 8.74. The molecule has 0 atom stereocenters. The Balaban J connectivity index is 2.14. The van der Waals surface area contributed by atoms with Crippen LogP contribution < -0.4 is 0 Å². The molecule has 0 amide bonds. The van der Waals surface area contributed by atoms with Gasteiger partial charge in [-0.05, 0) is 39.1 Å². The summed E-state index contributed by atoms with van der Waals surface area (Å²) in [6, 6.07) is 4.15. The summed E-state index contributed by atoms with van der Waals surface area (Å²) in [6.07, 6.45) is 0. The van der Waals surface area contributed by atoms with Crippen molar-refractivity contribution in [2.75, 3.05) is 0 Å². The normalized spacial score (nSPS) is 10.4. The molecule has 2 aromatic heterocycles. The molecule has 2 aromatic rings. The molecule has 2 rings (SSSR count). The second-order valence-corrected chi connectivity index (χ2v) is 6.14. The first-order valence-corrected chi connectivity index (χ1v) is 6.54. The van der Waals surface area contributed by atoms with Gasteiger partial charge < -0.3 is 0 Å². The molecule has 12 heavy (non-hydrogen) atoms. The van der Waals surface area contributed by atoms with Gasteiger partial charge in [-0.15, -0.1) is 22.7 Å². The fourth-order valence-corrected chi connectivity index (χ4v) is 4.06. The first-order valence-electron chi connectivity index (χ1n) is 3.17. The number of hydrogen-bond donors (Lipinski definition) is 0. The highest BCUT2D eigenvalue weighted by atomic mass is 79.9. The molecular weight excluding hydrogens is 274 g/mol. The van der Waals surface area contributed by atoms with E-state index in [1.54, 1.807) is 34.4 Å². The van der Waals surface area contributed by atoms with Gasteiger partial charge in [0.2, 0.25) is 0 Å². The highest BCUT2D eigenvalue weighted by Crippen LogP contribution is 2.33. The summed E-state index contributed by atoms with van der Waals surface area (Å²) in [7, 11) is 0. The van der Waals surface area contributed by atoms with E-state index in [0.717, 1.165) is 8.94 Å². The van der Waals surface area contributed by atoms with E-state index in [0.29, 0.717) is 0 Å². The van der Waals surface area contributed by atoms with Crippen LogP contribution in [0.5, 0.6) is 0 Å². The Morgan fingerprint density at radius 1 is 1.42 bits per heavy atom. The van der Waals surface area contributed by atoms with Crippen molar-refractivity contribution in [2.45, 2.75) is 8.55 Å². The largest absolute Gasteiger partial charge is 0.222 e. The first-order chi connectivity index (χ1) is 5.84. The average Bonchev–Trinajstić information content (AvgIpc) is 2.63. The van der Waals surface area contributed by atoms with Crippen molar-refractivity contribution < 1.29 is 0 Å². The van der Waals surface area contributed by atoms with Crippen LogP contribution in [0.25, 0.3) is 0 Å². The molecule has 0 radical (unpaired) electrons. The summed E-state index contributed by atoms with van der Waals surface area (Å²) >= 11 is 8.44. The molecule has 2 heterocycles. The highest BCUT2D eigenvalue weighted by Gasteiger charge is 2.01. The van der Waals surface area contributed by atoms with E-state index in [4.69, 9.17) is 0 Å². The number of rotatable bonds is 2. The molecule has 0 spiro atoms. The molecule has 0 aromatic carbocycles. The Kier molecular flexibility index (Phi) is 2.85. The van der Waals surface area contributed by atoms with Crippen molar-refractivity contribution in [1.82, 2.24) is 4.98 Å². The van der Waals surface area contributed by atoms with Gasteiger partial charge in [-0.1, -0.05) is 6.07 Å². The molecule has 0 saturated heterocycles. The van der Waals surface area contributed by atoms with Crippen molar-refractivity contribution in [3.05, 3.63) is 27.5 Å². The van der Waals surface area contributed by atoms with Crippen molar-refractivity contribution in [3.8, 4) is 0 Å². The van der Waals surface area contributed by atoms with Crippen LogP contribution in [0.2, 0.25) is 0 Å². The SMILES string of the molecule is Brc1csc(Sc2cccs2)n1. The van der Waals surface area contributed by atoms with Crippen LogP contribution in [-0.2, 0) is 0 Å². The Hall–Kier alpha value is 0.160. The second-order valence-electron chi connectivity index (χ2n) is 1.97. The number of nitrogens with zero attached hydrogens (tertiary/aromatic N) is 1. The predicted octanol–water partition coefficient (Wildman–Crippen LogP) is 4.12. The zero-order valence-electron chi connectivity index (χ0n) is 5.86. The van der Waals surface area contributed by atoms with E-state index >= 15 is 0 Å². The van der Waals surface area contributed by atoms with E-state index in [2.05, 4.69) is 38.4 Å². The van der Waals surface area contributed by atoms with Crippen molar-refractivity contribution in [2.24, 2.45) is 0 Å². The predicted molar refractivity (Wildman–Crippen MR) is 58.3 cm³/mol. The van der Waals surface area contributed by atoms with Gasteiger partial charge in [-0.2, -0.15) is 0 Å². The molecule has 0 aliphatic heterocycles. The fraction of sp³-hybridized carbons (Fsp3) is 0. The Labute approximate surface area is 91.0 Å². The third kappa shape index (κ3) is 2.10. The molecule has 0 unspecified atom stereocenters. The molecule has 0 N–H and O–H groups in total. The molecule has 0 aliphatic carbocycles. The molecule has 62 valence electrons. The van der Waals surface area contributed by atoms with Crippen molar-refractivity contribution in [1.29, 1.82) is 0 Å². The third-order valence-corrected chi connectivity index (χ3v) is 4.82. The quantitative estimate of drug-likeness (QED) is 0.819. The van der Waals surface area contributed by atoms with Gasteiger partial charge in [0.15, 0.2) is 4.34 Å². The van der Waals surface area contributed by atoms with Crippen molar-refractivity contribution in [3.63, 3.8) is 0 Å². The van der Waals surface area contributed by atoms with Crippen LogP contribution in [0.15, 0.2) is 36.0 Å². The standard InChI is InChI=1S/C7H4BrNS3/c8-5-4-11-7(9-5)12-6-2-1-3-10-6/h1-4H. The molecule has 5 heteroatoms. The number of thiazole rings is 1. The Bertz CT molecular complexity index is 354. The summed E-state index contributed by atoms with van der Waals surface area (Å²) in [5.41, 5.74) is 0. The maximum atomic E-state index is 4.29. The summed E-state index contributed by atoms with van der Waals surface area (Å²) in [5, 5.41) is 4.07. The maximum Gasteiger partial charge on any atom is 0.156 e. The maximum absolute atomic E-state index is 4.29. The summed E-state index contributed by atoms with van der Waals surface area (Å²) in [6.45, 7) is 0. The molecule has 0 aliphatic rings. The molecule has 0 bridgehead atoms. The van der Waals surface area contributed by atoms with Crippen molar-refractivity contribution >= 4 is 50.4 Å². The highest BCUT2D eigenvalue weighted by molar-refractivity contribution is 9.10. The van der Waals surface area contributed by atoms with E-state index in [9.17, 15) is 0 Å². The van der Waals surface area contributed by atoms with Gasteiger partial charge in [-0.25, -0.2) is 4.98 Å². The minimum atomic E-state index is 0.923. The number of halogens is 1. The monoisotopic (exact) mass is 277 g/mol. The average molecular weight is 278 g/mol. The number of aromatic nitrogens is 1. The lowest BCUT2D eigenvalue weighted by Gasteiger charge is -1.88. The van der Waals surface area contributed by atoms with Gasteiger partial charge in [0, 0.05) is 5.38 Å². The van der Waals surface area contributed by atoms with Crippen LogP contribution in [0.3, 0.4) is 0 Å². The smallest absolute Gasteiger partial charge is 0.156 e. The zero-order valence-corrected chi connectivity index (χ0v) is 9.89. The fourth-order valence-electron chi connectivity index (χ4n) is 0.693. The third-order valence-electron chi connectivity index (χ3n) is 1.14. The van der Waals surface area contributed by atoms with Crippen LogP contribution >= 0.6 is 50.4 Å². The van der Waals surface area contributed by atoms with E-state index in [1.165, 1.54) is 4.21 Å².